The third-order valence-electron chi connectivity index (χ3n) is 4.33. The van der Waals surface area contributed by atoms with Gasteiger partial charge in [-0.1, -0.05) is 19.0 Å². The maximum Gasteiger partial charge on any atom is 0.229 e. The van der Waals surface area contributed by atoms with E-state index in [0.717, 1.165) is 31.7 Å². The molecule has 0 spiro atoms. The molecular weight excluding hydrogens is 308 g/mol. The van der Waals surface area contributed by atoms with Gasteiger partial charge < -0.3 is 14.4 Å². The standard InChI is InChI=1S/C16H24N6O2/c1-11(2)16-19-15(20-24-16)9-22(12(3)23)14-4-5-21(8-14)7-13-6-17-10-18-13/h6,10-11,14H,4-5,7-9H2,1-3H3,(H,17,18). The van der Waals surface area contributed by atoms with Gasteiger partial charge in [-0.25, -0.2) is 4.98 Å². The topological polar surface area (TPSA) is 91.2 Å². The van der Waals surface area contributed by atoms with Gasteiger partial charge in [0.2, 0.25) is 11.8 Å². The summed E-state index contributed by atoms with van der Waals surface area (Å²) in [4.78, 5) is 27.8. The van der Waals surface area contributed by atoms with Crippen molar-refractivity contribution in [3.8, 4) is 0 Å². The Balaban J connectivity index is 1.62. The molecule has 3 heterocycles. The SMILES string of the molecule is CC(=O)N(Cc1noc(C(C)C)n1)C1CCN(Cc2cnc[nH]2)C1. The highest BCUT2D eigenvalue weighted by Crippen LogP contribution is 2.20. The normalized spacial score (nSPS) is 18.4. The number of H-pyrrole nitrogens is 1. The van der Waals surface area contributed by atoms with Crippen LogP contribution >= 0.6 is 0 Å². The number of carbonyl (C=O) groups is 1. The van der Waals surface area contributed by atoms with Gasteiger partial charge in [0.25, 0.3) is 0 Å². The Labute approximate surface area is 141 Å². The number of hydrogen-bond donors (Lipinski definition) is 1. The van der Waals surface area contributed by atoms with Gasteiger partial charge in [0.15, 0.2) is 5.82 Å². The Morgan fingerprint density at radius 2 is 2.38 bits per heavy atom. The minimum Gasteiger partial charge on any atom is -0.347 e. The molecule has 130 valence electrons. The lowest BCUT2D eigenvalue weighted by Crippen LogP contribution is -2.40. The van der Waals surface area contributed by atoms with Crippen molar-refractivity contribution in [3.63, 3.8) is 0 Å². The highest BCUT2D eigenvalue weighted by molar-refractivity contribution is 5.73. The van der Waals surface area contributed by atoms with Crippen LogP contribution in [0.15, 0.2) is 17.0 Å². The highest BCUT2D eigenvalue weighted by Gasteiger charge is 2.30. The minimum absolute atomic E-state index is 0.0410. The Kier molecular flexibility index (Phi) is 4.94. The molecule has 0 radical (unpaired) electrons. The molecule has 1 unspecified atom stereocenters. The molecule has 1 amide bonds. The molecule has 1 atom stereocenters. The van der Waals surface area contributed by atoms with Crippen molar-refractivity contribution in [2.24, 2.45) is 0 Å². The van der Waals surface area contributed by atoms with Gasteiger partial charge in [-0.15, -0.1) is 0 Å². The Morgan fingerprint density at radius 3 is 3.00 bits per heavy atom. The van der Waals surface area contributed by atoms with E-state index in [1.807, 2.05) is 24.9 Å². The summed E-state index contributed by atoms with van der Waals surface area (Å²) in [5.74, 6) is 1.41. The monoisotopic (exact) mass is 332 g/mol. The number of aromatic amines is 1. The molecule has 8 heteroatoms. The molecule has 0 bridgehead atoms. The number of amides is 1. The number of aromatic nitrogens is 4. The van der Waals surface area contributed by atoms with Crippen LogP contribution in [0.5, 0.6) is 0 Å². The van der Waals surface area contributed by atoms with E-state index in [1.54, 1.807) is 13.3 Å². The lowest BCUT2D eigenvalue weighted by Gasteiger charge is -2.26. The Bertz CT molecular complexity index is 666. The van der Waals surface area contributed by atoms with E-state index in [1.165, 1.54) is 0 Å². The fraction of sp³-hybridized carbons (Fsp3) is 0.625. The summed E-state index contributed by atoms with van der Waals surface area (Å²) >= 11 is 0. The van der Waals surface area contributed by atoms with Crippen molar-refractivity contribution in [1.29, 1.82) is 0 Å². The molecule has 24 heavy (non-hydrogen) atoms. The number of imidazole rings is 1. The summed E-state index contributed by atoms with van der Waals surface area (Å²) in [6.07, 6.45) is 4.47. The van der Waals surface area contributed by atoms with Crippen molar-refractivity contribution in [3.05, 3.63) is 29.9 Å². The minimum atomic E-state index is 0.0410. The van der Waals surface area contributed by atoms with Crippen LogP contribution in [0.4, 0.5) is 0 Å². The fourth-order valence-corrected chi connectivity index (χ4v) is 3.04. The number of nitrogens with one attached hydrogen (secondary N) is 1. The Morgan fingerprint density at radius 1 is 1.54 bits per heavy atom. The van der Waals surface area contributed by atoms with Gasteiger partial charge in [-0.05, 0) is 6.42 Å². The van der Waals surface area contributed by atoms with Crippen molar-refractivity contribution < 1.29 is 9.32 Å². The van der Waals surface area contributed by atoms with Crippen LogP contribution in [0.2, 0.25) is 0 Å². The first-order valence-corrected chi connectivity index (χ1v) is 8.32. The molecule has 0 saturated carbocycles. The van der Waals surface area contributed by atoms with Crippen LogP contribution in [-0.4, -0.2) is 54.9 Å². The summed E-state index contributed by atoms with van der Waals surface area (Å²) in [6, 6.07) is 0.173. The molecule has 0 aromatic carbocycles. The molecule has 8 nitrogen and oxygen atoms in total. The van der Waals surface area contributed by atoms with Crippen molar-refractivity contribution >= 4 is 5.91 Å². The molecule has 3 rings (SSSR count). The van der Waals surface area contributed by atoms with E-state index in [0.29, 0.717) is 18.3 Å². The maximum atomic E-state index is 12.1. The number of hydrogen-bond acceptors (Lipinski definition) is 6. The molecule has 1 saturated heterocycles. The average Bonchev–Trinajstić information content (AvgIpc) is 3.26. The van der Waals surface area contributed by atoms with E-state index in [-0.39, 0.29) is 17.9 Å². The summed E-state index contributed by atoms with van der Waals surface area (Å²) in [7, 11) is 0. The highest BCUT2D eigenvalue weighted by atomic mass is 16.5. The summed E-state index contributed by atoms with van der Waals surface area (Å²) in [6.45, 7) is 8.62. The summed E-state index contributed by atoms with van der Waals surface area (Å²) in [5, 5.41) is 4.00. The number of carbonyl (C=O) groups excluding carboxylic acids is 1. The smallest absolute Gasteiger partial charge is 0.229 e. The summed E-state index contributed by atoms with van der Waals surface area (Å²) < 4.78 is 5.24. The van der Waals surface area contributed by atoms with Gasteiger partial charge in [0.1, 0.15) is 0 Å². The largest absolute Gasteiger partial charge is 0.347 e. The van der Waals surface area contributed by atoms with Crippen LogP contribution in [-0.2, 0) is 17.9 Å². The van der Waals surface area contributed by atoms with Gasteiger partial charge in [0, 0.05) is 50.4 Å². The third kappa shape index (κ3) is 3.81. The van der Waals surface area contributed by atoms with Crippen LogP contribution in [0, 0.1) is 0 Å². The van der Waals surface area contributed by atoms with Gasteiger partial charge in [0.05, 0.1) is 12.9 Å². The van der Waals surface area contributed by atoms with Crippen molar-refractivity contribution in [2.75, 3.05) is 13.1 Å². The molecule has 2 aromatic heterocycles. The Hall–Kier alpha value is -2.22. The first kappa shape index (κ1) is 16.6. The molecule has 1 aliphatic heterocycles. The van der Waals surface area contributed by atoms with E-state index < -0.39 is 0 Å². The van der Waals surface area contributed by atoms with Crippen molar-refractivity contribution in [2.45, 2.75) is 52.2 Å². The van der Waals surface area contributed by atoms with Crippen LogP contribution < -0.4 is 0 Å². The van der Waals surface area contributed by atoms with E-state index in [4.69, 9.17) is 4.52 Å². The zero-order valence-electron chi connectivity index (χ0n) is 14.4. The third-order valence-corrected chi connectivity index (χ3v) is 4.33. The molecule has 1 N–H and O–H groups in total. The predicted molar refractivity (Wildman–Crippen MR) is 86.9 cm³/mol. The van der Waals surface area contributed by atoms with Crippen LogP contribution in [0.1, 0.15) is 50.5 Å². The number of rotatable bonds is 6. The van der Waals surface area contributed by atoms with Crippen LogP contribution in [0.25, 0.3) is 0 Å². The predicted octanol–water partition coefficient (Wildman–Crippen LogP) is 1.54. The first-order valence-electron chi connectivity index (χ1n) is 8.32. The average molecular weight is 332 g/mol. The molecule has 2 aromatic rings. The van der Waals surface area contributed by atoms with E-state index in [9.17, 15) is 4.79 Å². The van der Waals surface area contributed by atoms with E-state index in [2.05, 4.69) is 25.0 Å². The molecule has 1 fully saturated rings. The van der Waals surface area contributed by atoms with Crippen LogP contribution in [0.3, 0.4) is 0 Å². The molecule has 0 aliphatic carbocycles. The van der Waals surface area contributed by atoms with Gasteiger partial charge in [-0.2, -0.15) is 4.98 Å². The lowest BCUT2D eigenvalue weighted by atomic mass is 10.2. The number of nitrogens with zero attached hydrogens (tertiary/aromatic N) is 5. The second-order valence-corrected chi connectivity index (χ2v) is 6.60. The molecule has 1 aliphatic rings. The maximum absolute atomic E-state index is 12.1. The lowest BCUT2D eigenvalue weighted by molar-refractivity contribution is -0.131. The summed E-state index contributed by atoms with van der Waals surface area (Å²) in [5.41, 5.74) is 1.09. The molecular formula is C16H24N6O2. The quantitative estimate of drug-likeness (QED) is 0.863. The van der Waals surface area contributed by atoms with Crippen molar-refractivity contribution in [1.82, 2.24) is 29.9 Å². The number of likely N-dealkylation sites (tertiary alicyclic amines) is 1. The van der Waals surface area contributed by atoms with Gasteiger partial charge in [-0.3, -0.25) is 9.69 Å². The zero-order valence-corrected chi connectivity index (χ0v) is 14.4. The second kappa shape index (κ2) is 7.12. The second-order valence-electron chi connectivity index (χ2n) is 6.60. The van der Waals surface area contributed by atoms with Gasteiger partial charge >= 0.3 is 0 Å². The zero-order chi connectivity index (χ0) is 17.1. The van der Waals surface area contributed by atoms with E-state index >= 15 is 0 Å². The fourth-order valence-electron chi connectivity index (χ4n) is 3.04. The first-order chi connectivity index (χ1) is 11.5.